The lowest BCUT2D eigenvalue weighted by atomic mass is 10.0. The van der Waals surface area contributed by atoms with Crippen molar-refractivity contribution in [1.29, 1.82) is 0 Å². The zero-order chi connectivity index (χ0) is 16.8. The van der Waals surface area contributed by atoms with Gasteiger partial charge in [-0.15, -0.1) is 0 Å². The van der Waals surface area contributed by atoms with Gasteiger partial charge in [0.05, 0.1) is 12.5 Å². The number of primary amides is 1. The molecule has 4 N–H and O–H groups in total. The Balaban J connectivity index is 2.08. The third kappa shape index (κ3) is 4.81. The highest BCUT2D eigenvalue weighted by Crippen LogP contribution is 2.19. The minimum atomic E-state index is -0.715. The van der Waals surface area contributed by atoms with Crippen LogP contribution >= 0.6 is 0 Å². The number of urea groups is 1. The number of hydrogen-bond donors (Lipinski definition) is 3. The van der Waals surface area contributed by atoms with E-state index < -0.39 is 17.9 Å². The van der Waals surface area contributed by atoms with Crippen LogP contribution in [0.3, 0.4) is 0 Å². The van der Waals surface area contributed by atoms with E-state index in [2.05, 4.69) is 10.6 Å². The molecule has 6 heteroatoms. The highest BCUT2D eigenvalue weighted by Gasteiger charge is 2.17. The zero-order valence-corrected chi connectivity index (χ0v) is 12.7. The number of rotatable bonds is 5. The largest absolute Gasteiger partial charge is 0.352 e. The van der Waals surface area contributed by atoms with Gasteiger partial charge in [-0.25, -0.2) is 9.18 Å². The van der Waals surface area contributed by atoms with Gasteiger partial charge in [0.2, 0.25) is 5.91 Å². The predicted molar refractivity (Wildman–Crippen MR) is 86.3 cm³/mol. The van der Waals surface area contributed by atoms with Crippen LogP contribution in [0, 0.1) is 12.7 Å². The molecule has 0 heterocycles. The summed E-state index contributed by atoms with van der Waals surface area (Å²) in [6.07, 6.45) is -0.0115. The minimum absolute atomic E-state index is 0.0115. The molecule has 23 heavy (non-hydrogen) atoms. The highest BCUT2D eigenvalue weighted by molar-refractivity contribution is 5.91. The van der Waals surface area contributed by atoms with Crippen molar-refractivity contribution in [3.8, 4) is 0 Å². The highest BCUT2D eigenvalue weighted by atomic mass is 19.1. The first-order chi connectivity index (χ1) is 11.0. The average Bonchev–Trinajstić information content (AvgIpc) is 2.51. The van der Waals surface area contributed by atoms with Gasteiger partial charge in [-0.2, -0.15) is 0 Å². The summed E-state index contributed by atoms with van der Waals surface area (Å²) in [6.45, 7) is 1.64. The van der Waals surface area contributed by atoms with Crippen LogP contribution in [0.1, 0.15) is 23.6 Å². The second-order valence-corrected chi connectivity index (χ2v) is 5.19. The molecule has 0 aliphatic carbocycles. The third-order valence-electron chi connectivity index (χ3n) is 3.36. The van der Waals surface area contributed by atoms with Gasteiger partial charge in [0.1, 0.15) is 5.82 Å². The van der Waals surface area contributed by atoms with Gasteiger partial charge >= 0.3 is 6.03 Å². The van der Waals surface area contributed by atoms with E-state index in [9.17, 15) is 14.0 Å². The Kier molecular flexibility index (Phi) is 5.30. The van der Waals surface area contributed by atoms with Gasteiger partial charge in [0, 0.05) is 5.69 Å². The molecular weight excluding hydrogens is 297 g/mol. The van der Waals surface area contributed by atoms with Crippen molar-refractivity contribution in [3.63, 3.8) is 0 Å². The minimum Gasteiger partial charge on any atom is -0.352 e. The maximum Gasteiger partial charge on any atom is 0.312 e. The van der Waals surface area contributed by atoms with E-state index in [4.69, 9.17) is 5.73 Å². The van der Waals surface area contributed by atoms with Crippen LogP contribution in [0.15, 0.2) is 48.5 Å². The fourth-order valence-electron chi connectivity index (χ4n) is 2.18. The lowest BCUT2D eigenvalue weighted by Crippen LogP contribution is -2.35. The quantitative estimate of drug-likeness (QED) is 0.792. The maximum atomic E-state index is 13.5. The molecule has 0 aliphatic rings. The second-order valence-electron chi connectivity index (χ2n) is 5.19. The van der Waals surface area contributed by atoms with E-state index in [1.165, 1.54) is 6.07 Å². The van der Waals surface area contributed by atoms with E-state index in [0.717, 1.165) is 5.56 Å². The molecule has 0 saturated carbocycles. The molecule has 5 nitrogen and oxygen atoms in total. The predicted octanol–water partition coefficient (Wildman–Crippen LogP) is 2.87. The zero-order valence-electron chi connectivity index (χ0n) is 12.7. The fourth-order valence-corrected chi connectivity index (χ4v) is 2.18. The molecule has 0 saturated heterocycles. The summed E-state index contributed by atoms with van der Waals surface area (Å²) in [5, 5.41) is 5.15. The molecule has 2 aromatic rings. The number of carbonyl (C=O) groups is 2. The van der Waals surface area contributed by atoms with Crippen LogP contribution in [0.25, 0.3) is 0 Å². The summed E-state index contributed by atoms with van der Waals surface area (Å²) in [7, 11) is 0. The van der Waals surface area contributed by atoms with Gasteiger partial charge in [0.15, 0.2) is 0 Å². The Morgan fingerprint density at radius 1 is 1.17 bits per heavy atom. The van der Waals surface area contributed by atoms with Crippen molar-refractivity contribution >= 4 is 17.6 Å². The lowest BCUT2D eigenvalue weighted by Gasteiger charge is -2.17. The Hall–Kier alpha value is -2.89. The standard InChI is InChI=1S/C17H18FN3O2/c1-11-7-8-13(9-14(11)18)20-16(22)10-15(21-17(19)23)12-5-3-2-4-6-12/h2-9,15H,10H2,1H3,(H,20,22)(H3,19,21,23). The first-order valence-corrected chi connectivity index (χ1v) is 7.12. The molecule has 1 unspecified atom stereocenters. The fraction of sp³-hybridized carbons (Fsp3) is 0.176. The SMILES string of the molecule is Cc1ccc(NC(=O)CC(NC(N)=O)c2ccccc2)cc1F. The number of nitrogens with two attached hydrogens (primary N) is 1. The number of hydrogen-bond acceptors (Lipinski definition) is 2. The van der Waals surface area contributed by atoms with E-state index >= 15 is 0 Å². The molecule has 120 valence electrons. The van der Waals surface area contributed by atoms with Crippen molar-refractivity contribution in [2.45, 2.75) is 19.4 Å². The Morgan fingerprint density at radius 3 is 2.48 bits per heavy atom. The number of anilines is 1. The molecular formula is C17H18FN3O2. The van der Waals surface area contributed by atoms with Gasteiger partial charge in [-0.05, 0) is 30.2 Å². The number of aryl methyl sites for hydroxylation is 1. The molecule has 0 aliphatic heterocycles. The smallest absolute Gasteiger partial charge is 0.312 e. The van der Waals surface area contributed by atoms with Crippen molar-refractivity contribution in [2.24, 2.45) is 5.73 Å². The molecule has 2 rings (SSSR count). The molecule has 0 radical (unpaired) electrons. The number of nitrogens with one attached hydrogen (secondary N) is 2. The number of carbonyl (C=O) groups excluding carboxylic acids is 2. The van der Waals surface area contributed by atoms with Crippen molar-refractivity contribution in [2.75, 3.05) is 5.32 Å². The van der Waals surface area contributed by atoms with Crippen LogP contribution in [-0.4, -0.2) is 11.9 Å². The van der Waals surface area contributed by atoms with Crippen LogP contribution < -0.4 is 16.4 Å². The topological polar surface area (TPSA) is 84.2 Å². The van der Waals surface area contributed by atoms with Crippen molar-refractivity contribution in [1.82, 2.24) is 5.32 Å². The normalized spacial score (nSPS) is 11.6. The van der Waals surface area contributed by atoms with Gasteiger partial charge < -0.3 is 16.4 Å². The van der Waals surface area contributed by atoms with E-state index in [1.54, 1.807) is 43.3 Å². The molecule has 1 atom stereocenters. The van der Waals surface area contributed by atoms with Crippen LogP contribution in [0.5, 0.6) is 0 Å². The monoisotopic (exact) mass is 315 g/mol. The summed E-state index contributed by atoms with van der Waals surface area (Å²) >= 11 is 0. The number of amides is 3. The lowest BCUT2D eigenvalue weighted by molar-refractivity contribution is -0.116. The van der Waals surface area contributed by atoms with E-state index in [1.807, 2.05) is 6.07 Å². The Bertz CT molecular complexity index is 704. The maximum absolute atomic E-state index is 13.5. The first-order valence-electron chi connectivity index (χ1n) is 7.12. The van der Waals surface area contributed by atoms with Gasteiger partial charge in [-0.3, -0.25) is 4.79 Å². The van der Waals surface area contributed by atoms with E-state index in [-0.39, 0.29) is 12.3 Å². The number of halogens is 1. The Morgan fingerprint density at radius 2 is 1.87 bits per heavy atom. The van der Waals surface area contributed by atoms with Crippen LogP contribution in [0.2, 0.25) is 0 Å². The first kappa shape index (κ1) is 16.5. The van der Waals surface area contributed by atoms with Crippen LogP contribution in [-0.2, 0) is 4.79 Å². The summed E-state index contributed by atoms with van der Waals surface area (Å²) in [4.78, 5) is 23.3. The molecule has 0 spiro atoms. The van der Waals surface area contributed by atoms with Gasteiger partial charge in [0.25, 0.3) is 0 Å². The molecule has 0 fully saturated rings. The Labute approximate surface area is 133 Å². The molecule has 0 bridgehead atoms. The van der Waals surface area contributed by atoms with E-state index in [0.29, 0.717) is 11.3 Å². The summed E-state index contributed by atoms with van der Waals surface area (Å²) in [5.74, 6) is -0.742. The molecule has 2 aromatic carbocycles. The summed E-state index contributed by atoms with van der Waals surface area (Å²) in [6, 6.07) is 12.2. The summed E-state index contributed by atoms with van der Waals surface area (Å²) < 4.78 is 13.5. The van der Waals surface area contributed by atoms with Crippen molar-refractivity contribution < 1.29 is 14.0 Å². The molecule has 0 aromatic heterocycles. The summed E-state index contributed by atoms with van der Waals surface area (Å²) in [5.41, 5.74) is 6.79. The second kappa shape index (κ2) is 7.40. The third-order valence-corrected chi connectivity index (χ3v) is 3.36. The van der Waals surface area contributed by atoms with Crippen molar-refractivity contribution in [3.05, 3.63) is 65.5 Å². The van der Waals surface area contributed by atoms with Gasteiger partial charge in [-0.1, -0.05) is 36.4 Å². The van der Waals surface area contributed by atoms with Crippen LogP contribution in [0.4, 0.5) is 14.9 Å². The molecule has 3 amide bonds. The average molecular weight is 315 g/mol. The number of benzene rings is 2.